The maximum Gasteiger partial charge on any atom is 0.239 e. The van der Waals surface area contributed by atoms with E-state index in [1.165, 1.54) is 16.7 Å². The fourth-order valence-electron chi connectivity index (χ4n) is 1.31. The second kappa shape index (κ2) is 7.63. The number of thioether (sulfide) groups is 1. The Morgan fingerprint density at radius 1 is 1.50 bits per heavy atom. The van der Waals surface area contributed by atoms with Gasteiger partial charge in [0, 0.05) is 19.7 Å². The Balaban J connectivity index is 2.13. The van der Waals surface area contributed by atoms with Gasteiger partial charge in [0.15, 0.2) is 0 Å². The maximum absolute atomic E-state index is 11.7. The molecule has 1 aliphatic carbocycles. The van der Waals surface area contributed by atoms with E-state index in [0.29, 0.717) is 11.8 Å². The van der Waals surface area contributed by atoms with E-state index in [9.17, 15) is 9.59 Å². The van der Waals surface area contributed by atoms with Crippen LogP contribution in [0.1, 0.15) is 19.8 Å². The zero-order valence-corrected chi connectivity index (χ0v) is 11.8. The van der Waals surface area contributed by atoms with Gasteiger partial charge >= 0.3 is 0 Å². The van der Waals surface area contributed by atoms with Crippen molar-refractivity contribution in [1.29, 1.82) is 0 Å². The average Bonchev–Trinajstić information content (AvgIpc) is 3.12. The van der Waals surface area contributed by atoms with Crippen LogP contribution >= 0.6 is 11.8 Å². The number of nitrogens with zero attached hydrogens (tertiary/aromatic N) is 1. The Morgan fingerprint density at radius 3 is 2.72 bits per heavy atom. The molecule has 0 saturated heterocycles. The summed E-state index contributed by atoms with van der Waals surface area (Å²) in [5.74, 6) is 1.19. The van der Waals surface area contributed by atoms with Crippen LogP contribution in [0.5, 0.6) is 0 Å². The first-order valence-corrected chi connectivity index (χ1v) is 7.40. The van der Waals surface area contributed by atoms with Crippen molar-refractivity contribution in [3.63, 3.8) is 0 Å². The monoisotopic (exact) mass is 274 g/mol. The molecule has 0 aromatic carbocycles. The summed E-state index contributed by atoms with van der Waals surface area (Å²) in [6, 6.07) is 0.334. The van der Waals surface area contributed by atoms with Gasteiger partial charge in [0.25, 0.3) is 0 Å². The topological polar surface area (TPSA) is 69.6 Å². The SMILES string of the molecule is CC(CO)CSCC(=O)N(C)CC(=O)NC1CC1. The minimum absolute atomic E-state index is 0.0453. The van der Waals surface area contributed by atoms with Crippen molar-refractivity contribution in [2.45, 2.75) is 25.8 Å². The first-order chi connectivity index (χ1) is 8.52. The predicted octanol–water partition coefficient (Wildman–Crippen LogP) is 0.0850. The minimum Gasteiger partial charge on any atom is -0.396 e. The molecule has 104 valence electrons. The van der Waals surface area contributed by atoms with Crippen molar-refractivity contribution in [2.24, 2.45) is 5.92 Å². The molecule has 0 aromatic rings. The molecule has 0 radical (unpaired) electrons. The fourth-order valence-corrected chi connectivity index (χ4v) is 2.34. The molecule has 2 amide bonds. The third-order valence-electron chi connectivity index (χ3n) is 2.69. The highest BCUT2D eigenvalue weighted by atomic mass is 32.2. The highest BCUT2D eigenvalue weighted by molar-refractivity contribution is 7.99. The molecule has 0 bridgehead atoms. The normalized spacial score (nSPS) is 16.2. The maximum atomic E-state index is 11.7. The molecule has 0 aliphatic heterocycles. The predicted molar refractivity (Wildman–Crippen MR) is 72.4 cm³/mol. The van der Waals surface area contributed by atoms with Gasteiger partial charge in [0.1, 0.15) is 0 Å². The highest BCUT2D eigenvalue weighted by Gasteiger charge is 2.24. The number of amides is 2. The van der Waals surface area contributed by atoms with Crippen molar-refractivity contribution < 1.29 is 14.7 Å². The second-order valence-electron chi connectivity index (χ2n) is 4.89. The molecule has 0 heterocycles. The van der Waals surface area contributed by atoms with E-state index in [-0.39, 0.29) is 30.9 Å². The summed E-state index contributed by atoms with van der Waals surface area (Å²) < 4.78 is 0. The van der Waals surface area contributed by atoms with Crippen LogP contribution < -0.4 is 5.32 Å². The lowest BCUT2D eigenvalue weighted by Crippen LogP contribution is -2.39. The van der Waals surface area contributed by atoms with E-state index in [0.717, 1.165) is 18.6 Å². The molecule has 18 heavy (non-hydrogen) atoms. The Labute approximate surface area is 112 Å². The van der Waals surface area contributed by atoms with Crippen molar-refractivity contribution in [3.8, 4) is 0 Å². The van der Waals surface area contributed by atoms with Gasteiger partial charge in [0.05, 0.1) is 12.3 Å². The number of hydrogen-bond donors (Lipinski definition) is 2. The van der Waals surface area contributed by atoms with E-state index < -0.39 is 0 Å². The summed E-state index contributed by atoms with van der Waals surface area (Å²) >= 11 is 1.49. The third kappa shape index (κ3) is 6.26. The molecule has 1 atom stereocenters. The summed E-state index contributed by atoms with van der Waals surface area (Å²) in [4.78, 5) is 24.7. The molecule has 1 saturated carbocycles. The zero-order valence-electron chi connectivity index (χ0n) is 11.0. The van der Waals surface area contributed by atoms with Gasteiger partial charge in [-0.2, -0.15) is 11.8 Å². The zero-order chi connectivity index (χ0) is 13.5. The van der Waals surface area contributed by atoms with Crippen LogP contribution in [-0.4, -0.2) is 59.6 Å². The average molecular weight is 274 g/mol. The molecule has 1 fully saturated rings. The number of rotatable bonds is 8. The highest BCUT2D eigenvalue weighted by Crippen LogP contribution is 2.18. The van der Waals surface area contributed by atoms with Crippen LogP contribution in [0.4, 0.5) is 0 Å². The Bertz CT molecular complexity index is 295. The van der Waals surface area contributed by atoms with Crippen LogP contribution in [0, 0.1) is 5.92 Å². The standard InChI is InChI=1S/C12H22N2O3S/c1-9(6-15)7-18-8-12(17)14(2)5-11(16)13-10-3-4-10/h9-10,15H,3-8H2,1-2H3,(H,13,16). The van der Waals surface area contributed by atoms with E-state index >= 15 is 0 Å². The second-order valence-corrected chi connectivity index (χ2v) is 5.92. The lowest BCUT2D eigenvalue weighted by atomic mass is 10.2. The van der Waals surface area contributed by atoms with Crippen LogP contribution in [0.2, 0.25) is 0 Å². The van der Waals surface area contributed by atoms with Gasteiger partial charge in [-0.1, -0.05) is 6.92 Å². The number of carbonyl (C=O) groups excluding carboxylic acids is 2. The van der Waals surface area contributed by atoms with Gasteiger partial charge in [-0.3, -0.25) is 9.59 Å². The van der Waals surface area contributed by atoms with Crippen molar-refractivity contribution >= 4 is 23.6 Å². The summed E-state index contributed by atoms with van der Waals surface area (Å²) in [5, 5.41) is 11.7. The number of aliphatic hydroxyl groups excluding tert-OH is 1. The largest absolute Gasteiger partial charge is 0.396 e. The van der Waals surface area contributed by atoms with E-state index in [2.05, 4.69) is 5.32 Å². The van der Waals surface area contributed by atoms with E-state index in [1.807, 2.05) is 6.92 Å². The quantitative estimate of drug-likeness (QED) is 0.658. The molecule has 0 aromatic heterocycles. The molecular weight excluding hydrogens is 252 g/mol. The fraction of sp³-hybridized carbons (Fsp3) is 0.833. The third-order valence-corrected chi connectivity index (χ3v) is 3.94. The van der Waals surface area contributed by atoms with Gasteiger partial charge in [-0.05, 0) is 24.5 Å². The Morgan fingerprint density at radius 2 is 2.17 bits per heavy atom. The lowest BCUT2D eigenvalue weighted by Gasteiger charge is -2.17. The summed E-state index contributed by atoms with van der Waals surface area (Å²) in [6.45, 7) is 2.20. The number of aliphatic hydroxyl groups is 1. The molecular formula is C12H22N2O3S. The summed E-state index contributed by atoms with van der Waals surface area (Å²) in [6.07, 6.45) is 2.11. The number of likely N-dealkylation sites (N-methyl/N-ethyl adjacent to an activating group) is 1. The summed E-state index contributed by atoms with van der Waals surface area (Å²) in [5.41, 5.74) is 0. The molecule has 2 N–H and O–H groups in total. The first-order valence-electron chi connectivity index (χ1n) is 6.24. The Kier molecular flexibility index (Phi) is 6.49. The van der Waals surface area contributed by atoms with E-state index in [1.54, 1.807) is 7.05 Å². The molecule has 1 unspecified atom stereocenters. The molecule has 6 heteroatoms. The molecule has 1 rings (SSSR count). The van der Waals surface area contributed by atoms with Gasteiger partial charge in [0.2, 0.25) is 11.8 Å². The van der Waals surface area contributed by atoms with Crippen LogP contribution in [0.15, 0.2) is 0 Å². The van der Waals surface area contributed by atoms with Crippen molar-refractivity contribution in [1.82, 2.24) is 10.2 Å². The smallest absolute Gasteiger partial charge is 0.239 e. The number of carbonyl (C=O) groups is 2. The van der Waals surface area contributed by atoms with Gasteiger partial charge < -0.3 is 15.3 Å². The van der Waals surface area contributed by atoms with E-state index in [4.69, 9.17) is 5.11 Å². The summed E-state index contributed by atoms with van der Waals surface area (Å²) in [7, 11) is 1.64. The first kappa shape index (κ1) is 15.3. The molecule has 1 aliphatic rings. The Hall–Kier alpha value is -0.750. The lowest BCUT2D eigenvalue weighted by molar-refractivity contribution is -0.132. The minimum atomic E-state index is -0.0814. The molecule has 5 nitrogen and oxygen atoms in total. The van der Waals surface area contributed by atoms with Gasteiger partial charge in [-0.15, -0.1) is 0 Å². The number of nitrogens with one attached hydrogen (secondary N) is 1. The van der Waals surface area contributed by atoms with Crippen molar-refractivity contribution in [3.05, 3.63) is 0 Å². The van der Waals surface area contributed by atoms with Crippen LogP contribution in [0.3, 0.4) is 0 Å². The molecule has 0 spiro atoms. The number of hydrogen-bond acceptors (Lipinski definition) is 4. The van der Waals surface area contributed by atoms with Gasteiger partial charge in [-0.25, -0.2) is 0 Å². The van der Waals surface area contributed by atoms with Crippen LogP contribution in [-0.2, 0) is 9.59 Å². The van der Waals surface area contributed by atoms with Crippen LogP contribution in [0.25, 0.3) is 0 Å². The van der Waals surface area contributed by atoms with Crippen molar-refractivity contribution in [2.75, 3.05) is 31.7 Å².